The number of nitrogens with zero attached hydrogens (tertiary/aromatic N) is 2. The SMILES string of the molecule is CC1CN(c2ccc3c(n2)CCC3)CCC1Cl. The van der Waals surface area contributed by atoms with Crippen molar-refractivity contribution >= 4 is 17.4 Å². The molecule has 3 rings (SSSR count). The molecule has 3 heteroatoms. The molecular formula is C14H19ClN2. The van der Waals surface area contributed by atoms with Crippen LogP contribution in [0.5, 0.6) is 0 Å². The van der Waals surface area contributed by atoms with Crippen molar-refractivity contribution in [2.75, 3.05) is 18.0 Å². The first kappa shape index (κ1) is 11.3. The fourth-order valence-corrected chi connectivity index (χ4v) is 3.09. The van der Waals surface area contributed by atoms with Gasteiger partial charge in [0.25, 0.3) is 0 Å². The van der Waals surface area contributed by atoms with E-state index in [0.29, 0.717) is 11.3 Å². The van der Waals surface area contributed by atoms with Crippen molar-refractivity contribution in [3.8, 4) is 0 Å². The van der Waals surface area contributed by atoms with Crippen LogP contribution < -0.4 is 4.90 Å². The zero-order valence-corrected chi connectivity index (χ0v) is 11.1. The molecule has 2 atom stereocenters. The Hall–Kier alpha value is -0.760. The minimum atomic E-state index is 0.334. The molecule has 1 saturated heterocycles. The Morgan fingerprint density at radius 2 is 2.24 bits per heavy atom. The number of rotatable bonds is 1. The molecule has 0 amide bonds. The third-order valence-electron chi connectivity index (χ3n) is 4.04. The van der Waals surface area contributed by atoms with Crippen LogP contribution in [-0.4, -0.2) is 23.5 Å². The van der Waals surface area contributed by atoms with Crippen LogP contribution in [0.4, 0.5) is 5.82 Å². The number of anilines is 1. The molecule has 0 saturated carbocycles. The Labute approximate surface area is 108 Å². The van der Waals surface area contributed by atoms with Crippen LogP contribution in [-0.2, 0) is 12.8 Å². The first-order chi connectivity index (χ1) is 8.24. The highest BCUT2D eigenvalue weighted by molar-refractivity contribution is 6.20. The van der Waals surface area contributed by atoms with Crippen LogP contribution in [0.3, 0.4) is 0 Å². The van der Waals surface area contributed by atoms with Crippen LogP contribution >= 0.6 is 11.6 Å². The highest BCUT2D eigenvalue weighted by Crippen LogP contribution is 2.28. The lowest BCUT2D eigenvalue weighted by Gasteiger charge is -2.35. The third-order valence-corrected chi connectivity index (χ3v) is 4.69. The van der Waals surface area contributed by atoms with Gasteiger partial charge in [0.05, 0.1) is 0 Å². The van der Waals surface area contributed by atoms with Gasteiger partial charge in [0, 0.05) is 24.2 Å². The van der Waals surface area contributed by atoms with Crippen LogP contribution in [0.25, 0.3) is 0 Å². The average Bonchev–Trinajstić information content (AvgIpc) is 2.79. The van der Waals surface area contributed by atoms with Crippen LogP contribution in [0.15, 0.2) is 12.1 Å². The second kappa shape index (κ2) is 4.49. The number of piperidine rings is 1. The monoisotopic (exact) mass is 250 g/mol. The maximum absolute atomic E-state index is 6.27. The molecule has 0 spiro atoms. The van der Waals surface area contributed by atoms with E-state index in [4.69, 9.17) is 16.6 Å². The van der Waals surface area contributed by atoms with E-state index in [9.17, 15) is 0 Å². The van der Waals surface area contributed by atoms with Gasteiger partial charge in [-0.2, -0.15) is 0 Å². The second-order valence-electron chi connectivity index (χ2n) is 5.36. The third kappa shape index (κ3) is 2.15. The standard InChI is InChI=1S/C14H19ClN2/c1-10-9-17(8-7-12(10)15)14-6-5-11-3-2-4-13(11)16-14/h5-6,10,12H,2-4,7-9H2,1H3. The minimum Gasteiger partial charge on any atom is -0.356 e. The largest absolute Gasteiger partial charge is 0.356 e. The topological polar surface area (TPSA) is 16.1 Å². The molecule has 17 heavy (non-hydrogen) atoms. The molecule has 0 N–H and O–H groups in total. The molecule has 2 heterocycles. The van der Waals surface area contributed by atoms with Crippen molar-refractivity contribution in [2.24, 2.45) is 5.92 Å². The number of aromatic nitrogens is 1. The number of fused-ring (bicyclic) bond motifs is 1. The molecule has 0 bridgehead atoms. The van der Waals surface area contributed by atoms with Crippen molar-refractivity contribution < 1.29 is 0 Å². The Morgan fingerprint density at radius 1 is 1.35 bits per heavy atom. The number of hydrogen-bond donors (Lipinski definition) is 0. The molecule has 2 aliphatic rings. The van der Waals surface area contributed by atoms with Gasteiger partial charge >= 0.3 is 0 Å². The molecule has 1 aromatic heterocycles. The quantitative estimate of drug-likeness (QED) is 0.713. The molecular weight excluding hydrogens is 232 g/mol. The molecule has 1 aromatic rings. The zero-order chi connectivity index (χ0) is 11.8. The summed E-state index contributed by atoms with van der Waals surface area (Å²) in [6, 6.07) is 4.45. The van der Waals surface area contributed by atoms with Gasteiger partial charge in [0.2, 0.25) is 0 Å². The lowest BCUT2D eigenvalue weighted by atomic mass is 9.99. The maximum atomic E-state index is 6.27. The Kier molecular flexibility index (Phi) is 2.99. The van der Waals surface area contributed by atoms with E-state index >= 15 is 0 Å². The van der Waals surface area contributed by atoms with E-state index < -0.39 is 0 Å². The first-order valence-electron chi connectivity index (χ1n) is 6.62. The molecule has 2 nitrogen and oxygen atoms in total. The van der Waals surface area contributed by atoms with Gasteiger partial charge in [0.1, 0.15) is 5.82 Å². The van der Waals surface area contributed by atoms with Crippen molar-refractivity contribution in [3.63, 3.8) is 0 Å². The fraction of sp³-hybridized carbons (Fsp3) is 0.643. The number of halogens is 1. The molecule has 92 valence electrons. The van der Waals surface area contributed by atoms with Crippen molar-refractivity contribution in [2.45, 2.75) is 38.0 Å². The summed E-state index contributed by atoms with van der Waals surface area (Å²) in [6.45, 7) is 4.32. The van der Waals surface area contributed by atoms with Crippen LogP contribution in [0.1, 0.15) is 31.0 Å². The first-order valence-corrected chi connectivity index (χ1v) is 7.05. The van der Waals surface area contributed by atoms with E-state index in [1.807, 2.05) is 0 Å². The lowest BCUT2D eigenvalue weighted by Crippen LogP contribution is -2.40. The second-order valence-corrected chi connectivity index (χ2v) is 5.92. The summed E-state index contributed by atoms with van der Waals surface area (Å²) >= 11 is 6.27. The van der Waals surface area contributed by atoms with E-state index in [1.165, 1.54) is 24.1 Å². The van der Waals surface area contributed by atoms with Gasteiger partial charge in [-0.1, -0.05) is 13.0 Å². The molecule has 1 aliphatic carbocycles. The minimum absolute atomic E-state index is 0.334. The summed E-state index contributed by atoms with van der Waals surface area (Å²) in [6.07, 6.45) is 4.71. The smallest absolute Gasteiger partial charge is 0.128 e. The highest BCUT2D eigenvalue weighted by atomic mass is 35.5. The Morgan fingerprint density at radius 3 is 3.06 bits per heavy atom. The number of aryl methyl sites for hydroxylation is 2. The lowest BCUT2D eigenvalue weighted by molar-refractivity contribution is 0.452. The van der Waals surface area contributed by atoms with E-state index in [-0.39, 0.29) is 0 Å². The van der Waals surface area contributed by atoms with Gasteiger partial charge in [-0.05, 0) is 43.2 Å². The summed E-state index contributed by atoms with van der Waals surface area (Å²) in [4.78, 5) is 7.21. The fourth-order valence-electron chi connectivity index (χ4n) is 2.91. The molecule has 1 fully saturated rings. The van der Waals surface area contributed by atoms with Crippen LogP contribution in [0.2, 0.25) is 0 Å². The molecule has 2 unspecified atom stereocenters. The number of hydrogen-bond acceptors (Lipinski definition) is 2. The zero-order valence-electron chi connectivity index (χ0n) is 10.3. The van der Waals surface area contributed by atoms with Gasteiger partial charge < -0.3 is 4.90 Å². The van der Waals surface area contributed by atoms with Gasteiger partial charge in [-0.15, -0.1) is 11.6 Å². The van der Waals surface area contributed by atoms with E-state index in [0.717, 1.165) is 31.7 Å². The highest BCUT2D eigenvalue weighted by Gasteiger charge is 2.25. The summed E-state index contributed by atoms with van der Waals surface area (Å²) in [5.74, 6) is 1.71. The molecule has 1 aliphatic heterocycles. The summed E-state index contributed by atoms with van der Waals surface area (Å²) < 4.78 is 0. The van der Waals surface area contributed by atoms with Gasteiger partial charge in [0.15, 0.2) is 0 Å². The van der Waals surface area contributed by atoms with Crippen molar-refractivity contribution in [1.82, 2.24) is 4.98 Å². The summed E-state index contributed by atoms with van der Waals surface area (Å²) in [5.41, 5.74) is 2.78. The van der Waals surface area contributed by atoms with E-state index in [2.05, 4.69) is 24.0 Å². The number of alkyl halides is 1. The summed E-state index contributed by atoms with van der Waals surface area (Å²) in [7, 11) is 0. The summed E-state index contributed by atoms with van der Waals surface area (Å²) in [5, 5.41) is 0.334. The van der Waals surface area contributed by atoms with Gasteiger partial charge in [-0.25, -0.2) is 4.98 Å². The number of pyridine rings is 1. The Balaban J connectivity index is 1.80. The van der Waals surface area contributed by atoms with Crippen molar-refractivity contribution in [3.05, 3.63) is 23.4 Å². The molecule has 0 aromatic carbocycles. The predicted molar refractivity (Wildman–Crippen MR) is 71.9 cm³/mol. The van der Waals surface area contributed by atoms with Gasteiger partial charge in [-0.3, -0.25) is 0 Å². The predicted octanol–water partition coefficient (Wildman–Crippen LogP) is 3.02. The normalized spacial score (nSPS) is 28.2. The Bertz CT molecular complexity index is 419. The van der Waals surface area contributed by atoms with Crippen LogP contribution in [0, 0.1) is 5.92 Å². The maximum Gasteiger partial charge on any atom is 0.128 e. The van der Waals surface area contributed by atoms with Crippen molar-refractivity contribution in [1.29, 1.82) is 0 Å². The molecule has 0 radical (unpaired) electrons. The average molecular weight is 251 g/mol. The van der Waals surface area contributed by atoms with E-state index in [1.54, 1.807) is 0 Å².